The fourth-order valence-corrected chi connectivity index (χ4v) is 9.55. The molecule has 3 fully saturated rings. The number of carbonyl (C=O) groups is 2. The van der Waals surface area contributed by atoms with E-state index < -0.39 is 21.9 Å². The molecule has 11 heteroatoms. The van der Waals surface area contributed by atoms with E-state index in [0.29, 0.717) is 63.3 Å². The molecule has 46 heavy (non-hydrogen) atoms. The van der Waals surface area contributed by atoms with Crippen molar-refractivity contribution in [2.45, 2.75) is 82.8 Å². The summed E-state index contributed by atoms with van der Waals surface area (Å²) in [7, 11) is -4.07. The van der Waals surface area contributed by atoms with Crippen molar-refractivity contribution in [2.75, 3.05) is 32.7 Å². The molecule has 0 aromatic heterocycles. The fourth-order valence-electron chi connectivity index (χ4n) is 9.18. The largest absolute Gasteiger partial charge is 0.388 e. The Kier molecular flexibility index (Phi) is 9.23. The van der Waals surface area contributed by atoms with E-state index in [1.807, 2.05) is 47.4 Å². The van der Waals surface area contributed by atoms with Crippen molar-refractivity contribution in [3.8, 4) is 5.75 Å². The summed E-state index contributed by atoms with van der Waals surface area (Å²) in [4.78, 5) is 30.1. The highest BCUT2D eigenvalue weighted by molar-refractivity contribution is 7.84. The van der Waals surface area contributed by atoms with Crippen LogP contribution in [0.3, 0.4) is 0 Å². The Morgan fingerprint density at radius 2 is 1.80 bits per heavy atom. The van der Waals surface area contributed by atoms with Gasteiger partial charge in [-0.1, -0.05) is 50.2 Å². The van der Waals surface area contributed by atoms with E-state index in [4.69, 9.17) is 9.32 Å². The molecule has 4 N–H and O–H groups in total. The lowest BCUT2D eigenvalue weighted by atomic mass is 9.53. The molecular weight excluding hydrogens is 604 g/mol. The SMILES string of the molecule is CCC(=O)N[C@@H](Cc1ccccc1)C(=O)N1CCN(C[C@]2(O)CC[C@H]3[C@@H]4CCc5cc(OS(N)(=O)=O)ccc5[C@H]4CC[C@@]32C)CC1. The number of nitrogens with zero attached hydrogens (tertiary/aromatic N) is 2. The molecule has 0 bridgehead atoms. The van der Waals surface area contributed by atoms with Crippen molar-refractivity contribution in [1.82, 2.24) is 15.1 Å². The first-order valence-electron chi connectivity index (χ1n) is 16.8. The summed E-state index contributed by atoms with van der Waals surface area (Å²) in [5.74, 6) is 1.36. The topological polar surface area (TPSA) is 142 Å². The second kappa shape index (κ2) is 12.9. The first kappa shape index (κ1) is 32.9. The highest BCUT2D eigenvalue weighted by Gasteiger charge is 2.61. The number of aliphatic hydroxyl groups is 1. The molecule has 1 heterocycles. The molecule has 0 radical (unpaired) electrons. The standard InChI is InChI=1S/C35H48N4O6S/c1-3-32(40)37-31(21-24-7-5-4-6-8-24)33(41)39-19-17-38(18-20-39)23-35(42)16-14-30-29-11-9-25-22-26(45-46(36,43)44)10-12-27(25)28(29)13-15-34(30,35)2/h4-8,10,12,22,28-31,42H,3,9,11,13-21,23H2,1-2H3,(H,37,40)(H2,36,43,44)/t28-,29-,30+,31+,34+,35-/m1/s1. The lowest BCUT2D eigenvalue weighted by molar-refractivity contribution is -0.140. The number of rotatable bonds is 9. The van der Waals surface area contributed by atoms with Gasteiger partial charge in [-0.05, 0) is 85.1 Å². The minimum atomic E-state index is -4.07. The van der Waals surface area contributed by atoms with Gasteiger partial charge in [-0.15, -0.1) is 0 Å². The van der Waals surface area contributed by atoms with E-state index >= 15 is 0 Å². The van der Waals surface area contributed by atoms with E-state index in [2.05, 4.69) is 17.1 Å². The van der Waals surface area contributed by atoms with Crippen molar-refractivity contribution in [3.05, 3.63) is 65.2 Å². The zero-order chi connectivity index (χ0) is 32.7. The highest BCUT2D eigenvalue weighted by atomic mass is 32.2. The summed E-state index contributed by atoms with van der Waals surface area (Å²) >= 11 is 0. The molecule has 3 aliphatic carbocycles. The van der Waals surface area contributed by atoms with E-state index in [9.17, 15) is 23.1 Å². The van der Waals surface area contributed by atoms with Crippen LogP contribution in [0, 0.1) is 17.3 Å². The summed E-state index contributed by atoms with van der Waals surface area (Å²) in [5, 5.41) is 20.4. The number of amides is 2. The quantitative estimate of drug-likeness (QED) is 0.378. The second-order valence-electron chi connectivity index (χ2n) is 14.1. The van der Waals surface area contributed by atoms with Gasteiger partial charge in [0, 0.05) is 51.0 Å². The Hall–Kier alpha value is -2.99. The van der Waals surface area contributed by atoms with Gasteiger partial charge >= 0.3 is 10.3 Å². The molecular formula is C35H48N4O6S. The Morgan fingerprint density at radius 1 is 1.07 bits per heavy atom. The van der Waals surface area contributed by atoms with Crippen LogP contribution in [0.15, 0.2) is 48.5 Å². The Morgan fingerprint density at radius 3 is 2.50 bits per heavy atom. The Balaban J connectivity index is 1.08. The van der Waals surface area contributed by atoms with Gasteiger partial charge in [0.1, 0.15) is 11.8 Å². The number of hydrogen-bond acceptors (Lipinski definition) is 7. The van der Waals surface area contributed by atoms with Gasteiger partial charge in [-0.25, -0.2) is 0 Å². The van der Waals surface area contributed by atoms with Crippen molar-refractivity contribution < 1.29 is 27.3 Å². The van der Waals surface area contributed by atoms with Gasteiger partial charge in [0.15, 0.2) is 0 Å². The lowest BCUT2D eigenvalue weighted by Crippen LogP contribution is -2.60. The zero-order valence-electron chi connectivity index (χ0n) is 27.0. The van der Waals surface area contributed by atoms with Gasteiger partial charge in [-0.3, -0.25) is 14.5 Å². The number of piperazine rings is 1. The van der Waals surface area contributed by atoms with Crippen LogP contribution in [0.25, 0.3) is 0 Å². The molecule has 2 amide bonds. The number of carbonyl (C=O) groups excluding carboxylic acids is 2. The predicted octanol–water partition coefficient (Wildman–Crippen LogP) is 3.14. The number of hydrogen-bond donors (Lipinski definition) is 3. The van der Waals surface area contributed by atoms with Crippen molar-refractivity contribution in [2.24, 2.45) is 22.4 Å². The smallest absolute Gasteiger partial charge is 0.380 e. The summed E-state index contributed by atoms with van der Waals surface area (Å²) in [6.45, 7) is 7.21. The van der Waals surface area contributed by atoms with Gasteiger partial charge in [0.2, 0.25) is 11.8 Å². The molecule has 6 rings (SSSR count). The summed E-state index contributed by atoms with van der Waals surface area (Å²) in [6.07, 6.45) is 6.32. The molecule has 1 aliphatic heterocycles. The van der Waals surface area contributed by atoms with Gasteiger partial charge < -0.3 is 19.5 Å². The average molecular weight is 653 g/mol. The summed E-state index contributed by atoms with van der Waals surface area (Å²) in [5.41, 5.74) is 2.43. The molecule has 250 valence electrons. The van der Waals surface area contributed by atoms with Crippen molar-refractivity contribution in [3.63, 3.8) is 0 Å². The Bertz CT molecular complexity index is 1550. The minimum Gasteiger partial charge on any atom is -0.388 e. The molecule has 4 aliphatic rings. The maximum Gasteiger partial charge on any atom is 0.380 e. The molecule has 0 unspecified atom stereocenters. The molecule has 2 aromatic rings. The van der Waals surface area contributed by atoms with Gasteiger partial charge in [0.05, 0.1) is 5.60 Å². The predicted molar refractivity (Wildman–Crippen MR) is 175 cm³/mol. The fraction of sp³-hybridized carbons (Fsp3) is 0.600. The highest BCUT2D eigenvalue weighted by Crippen LogP contribution is 2.64. The van der Waals surface area contributed by atoms with Crippen LogP contribution in [0.1, 0.15) is 75.0 Å². The summed E-state index contributed by atoms with van der Waals surface area (Å²) < 4.78 is 27.8. The molecule has 0 spiro atoms. The van der Waals surface area contributed by atoms with Crippen LogP contribution in [-0.2, 0) is 32.7 Å². The maximum atomic E-state index is 13.6. The number of benzene rings is 2. The zero-order valence-corrected chi connectivity index (χ0v) is 27.8. The number of nitrogens with one attached hydrogen (secondary N) is 1. The first-order valence-corrected chi connectivity index (χ1v) is 18.3. The van der Waals surface area contributed by atoms with E-state index in [0.717, 1.165) is 49.7 Å². The molecule has 1 saturated heterocycles. The normalized spacial score (nSPS) is 30.1. The third-order valence-electron chi connectivity index (χ3n) is 11.6. The van der Waals surface area contributed by atoms with Crippen molar-refractivity contribution in [1.29, 1.82) is 0 Å². The average Bonchev–Trinajstić information content (AvgIpc) is 3.29. The van der Waals surface area contributed by atoms with Crippen LogP contribution in [0.2, 0.25) is 0 Å². The van der Waals surface area contributed by atoms with Crippen LogP contribution >= 0.6 is 0 Å². The van der Waals surface area contributed by atoms with Crippen molar-refractivity contribution >= 4 is 22.1 Å². The van der Waals surface area contributed by atoms with Gasteiger partial charge in [-0.2, -0.15) is 13.6 Å². The van der Waals surface area contributed by atoms with Gasteiger partial charge in [0.25, 0.3) is 0 Å². The van der Waals surface area contributed by atoms with E-state index in [-0.39, 0.29) is 23.0 Å². The number of nitrogens with two attached hydrogens (primary N) is 1. The van der Waals surface area contributed by atoms with E-state index in [1.54, 1.807) is 13.0 Å². The van der Waals surface area contributed by atoms with Crippen LogP contribution < -0.4 is 14.6 Å². The maximum absolute atomic E-state index is 13.6. The third-order valence-corrected chi connectivity index (χ3v) is 12.1. The number of fused-ring (bicyclic) bond motifs is 5. The Labute approximate surface area is 272 Å². The molecule has 10 nitrogen and oxygen atoms in total. The second-order valence-corrected chi connectivity index (χ2v) is 15.3. The lowest BCUT2D eigenvalue weighted by Gasteiger charge is -2.54. The monoisotopic (exact) mass is 652 g/mol. The number of aryl methyl sites for hydroxylation is 1. The minimum absolute atomic E-state index is 0.0452. The molecule has 2 aromatic carbocycles. The van der Waals surface area contributed by atoms with Crippen LogP contribution in [-0.4, -0.2) is 79.5 Å². The molecule has 6 atom stereocenters. The number of β-amino-alcohol motifs (C(OH)–C–C–N with tert-alkyl or cyclic N) is 1. The van der Waals surface area contributed by atoms with E-state index in [1.165, 1.54) is 5.56 Å². The van der Waals surface area contributed by atoms with Crippen LogP contribution in [0.5, 0.6) is 5.75 Å². The van der Waals surface area contributed by atoms with Crippen LogP contribution in [0.4, 0.5) is 0 Å². The first-order chi connectivity index (χ1) is 21.9. The third kappa shape index (κ3) is 6.56. The summed E-state index contributed by atoms with van der Waals surface area (Å²) in [6, 6.07) is 14.7. The molecule has 2 saturated carbocycles.